The summed E-state index contributed by atoms with van der Waals surface area (Å²) in [4.78, 5) is 20.5. The number of hydrogen-bond donors (Lipinski definition) is 1. The topological polar surface area (TPSA) is 48.5 Å². The summed E-state index contributed by atoms with van der Waals surface area (Å²) >= 11 is 12.2. The Kier molecular flexibility index (Phi) is 5.11. The minimum Gasteiger partial charge on any atom is -0.367 e. The number of hydrogen-bond acceptors (Lipinski definition) is 3. The van der Waals surface area contributed by atoms with E-state index in [-0.39, 0.29) is 6.03 Å². The third kappa shape index (κ3) is 3.91. The maximum atomic E-state index is 12.3. The molecule has 0 unspecified atom stereocenters. The van der Waals surface area contributed by atoms with Gasteiger partial charge in [-0.15, -0.1) is 0 Å². The Morgan fingerprint density at radius 1 is 1.12 bits per heavy atom. The van der Waals surface area contributed by atoms with E-state index in [0.717, 1.165) is 24.3 Å². The highest BCUT2D eigenvalue weighted by molar-refractivity contribution is 6.36. The lowest BCUT2D eigenvalue weighted by molar-refractivity contribution is 0.208. The maximum Gasteiger partial charge on any atom is 0.323 e. The van der Waals surface area contributed by atoms with Crippen molar-refractivity contribution < 1.29 is 4.79 Å². The second-order valence-corrected chi connectivity index (χ2v) is 6.56. The number of halogens is 2. The van der Waals surface area contributed by atoms with Crippen LogP contribution in [0.2, 0.25) is 10.0 Å². The number of carbonyl (C=O) groups is 1. The van der Waals surface area contributed by atoms with Crippen molar-refractivity contribution in [3.63, 3.8) is 0 Å². The third-order valence-corrected chi connectivity index (χ3v) is 4.50. The molecule has 0 bridgehead atoms. The summed E-state index contributed by atoms with van der Waals surface area (Å²) in [6.07, 6.45) is 1.73. The molecular formula is C17H18Cl2N4O. The molecular weight excluding hydrogens is 347 g/mol. The number of aromatic nitrogens is 1. The van der Waals surface area contributed by atoms with Gasteiger partial charge in [-0.3, -0.25) is 5.32 Å². The predicted molar refractivity (Wildman–Crippen MR) is 98.2 cm³/mol. The average Bonchev–Trinajstić information content (AvgIpc) is 2.57. The summed E-state index contributed by atoms with van der Waals surface area (Å²) in [6, 6.07) is 9.07. The predicted octanol–water partition coefficient (Wildman–Crippen LogP) is 4.05. The second-order valence-electron chi connectivity index (χ2n) is 5.72. The van der Waals surface area contributed by atoms with Gasteiger partial charge in [0.2, 0.25) is 0 Å². The van der Waals surface area contributed by atoms with E-state index in [0.29, 0.717) is 29.0 Å². The van der Waals surface area contributed by atoms with Crippen molar-refractivity contribution in [1.82, 2.24) is 9.88 Å². The fraction of sp³-hybridized carbons (Fsp3) is 0.294. The zero-order valence-corrected chi connectivity index (χ0v) is 14.8. The highest BCUT2D eigenvalue weighted by Gasteiger charge is 2.22. The molecule has 1 aliphatic heterocycles. The van der Waals surface area contributed by atoms with Gasteiger partial charge in [0, 0.05) is 37.4 Å². The van der Waals surface area contributed by atoms with Gasteiger partial charge in [-0.1, -0.05) is 29.3 Å². The first-order chi connectivity index (χ1) is 11.5. The van der Waals surface area contributed by atoms with Crippen molar-refractivity contribution in [2.24, 2.45) is 0 Å². The van der Waals surface area contributed by atoms with Gasteiger partial charge in [-0.25, -0.2) is 9.78 Å². The number of anilines is 2. The lowest BCUT2D eigenvalue weighted by Gasteiger charge is -2.36. The molecule has 2 heterocycles. The van der Waals surface area contributed by atoms with Gasteiger partial charge in [0.05, 0.1) is 10.7 Å². The largest absolute Gasteiger partial charge is 0.367 e. The molecule has 1 aromatic carbocycles. The monoisotopic (exact) mass is 364 g/mol. The maximum absolute atomic E-state index is 12.3. The second kappa shape index (κ2) is 7.28. The number of carbonyl (C=O) groups excluding carboxylic acids is 1. The van der Waals surface area contributed by atoms with Crippen LogP contribution >= 0.6 is 23.2 Å². The number of piperazine rings is 1. The summed E-state index contributed by atoms with van der Waals surface area (Å²) in [7, 11) is 0. The van der Waals surface area contributed by atoms with Crippen molar-refractivity contribution in [2.45, 2.75) is 6.92 Å². The molecule has 0 aliphatic carbocycles. The Morgan fingerprint density at radius 2 is 1.88 bits per heavy atom. The van der Waals surface area contributed by atoms with Crippen LogP contribution in [0.15, 0.2) is 36.5 Å². The number of aryl methyl sites for hydroxylation is 1. The number of nitrogens with zero attached hydrogens (tertiary/aromatic N) is 3. The van der Waals surface area contributed by atoms with Crippen LogP contribution < -0.4 is 10.2 Å². The van der Waals surface area contributed by atoms with Gasteiger partial charge in [0.1, 0.15) is 5.82 Å². The van der Waals surface area contributed by atoms with Gasteiger partial charge in [0.15, 0.2) is 0 Å². The number of rotatable bonds is 2. The number of urea groups is 1. The van der Waals surface area contributed by atoms with Crippen LogP contribution in [0.3, 0.4) is 0 Å². The number of pyridine rings is 1. The van der Waals surface area contributed by atoms with Gasteiger partial charge in [-0.2, -0.15) is 0 Å². The van der Waals surface area contributed by atoms with E-state index in [2.05, 4.69) is 15.2 Å². The molecule has 1 fully saturated rings. The third-order valence-electron chi connectivity index (χ3n) is 3.96. The van der Waals surface area contributed by atoms with Crippen molar-refractivity contribution >= 4 is 40.7 Å². The Balaban J connectivity index is 1.58. The molecule has 1 N–H and O–H groups in total. The molecule has 0 atom stereocenters. The van der Waals surface area contributed by atoms with Gasteiger partial charge < -0.3 is 9.80 Å². The molecule has 126 valence electrons. The van der Waals surface area contributed by atoms with Crippen LogP contribution in [-0.2, 0) is 0 Å². The van der Waals surface area contributed by atoms with E-state index in [1.165, 1.54) is 0 Å². The minimum absolute atomic E-state index is 0.131. The number of benzene rings is 1. The Hall–Kier alpha value is -1.98. The zero-order chi connectivity index (χ0) is 17.1. The van der Waals surface area contributed by atoms with Crippen molar-refractivity contribution in [1.29, 1.82) is 0 Å². The molecule has 24 heavy (non-hydrogen) atoms. The fourth-order valence-electron chi connectivity index (χ4n) is 2.62. The zero-order valence-electron chi connectivity index (χ0n) is 13.3. The Labute approximate surface area is 151 Å². The SMILES string of the molecule is Cc1ccc(NC(=O)N2CCN(c3ccc(Cl)cc3Cl)CC2)nc1. The molecule has 1 aliphatic rings. The lowest BCUT2D eigenvalue weighted by Crippen LogP contribution is -2.50. The van der Waals surface area contributed by atoms with Crippen LogP contribution in [0.1, 0.15) is 5.56 Å². The first-order valence-electron chi connectivity index (χ1n) is 7.71. The number of amides is 2. The van der Waals surface area contributed by atoms with E-state index in [1.807, 2.05) is 25.1 Å². The van der Waals surface area contributed by atoms with E-state index in [1.54, 1.807) is 23.2 Å². The summed E-state index contributed by atoms with van der Waals surface area (Å²) in [5.74, 6) is 0.564. The van der Waals surface area contributed by atoms with Gasteiger partial charge >= 0.3 is 6.03 Å². The molecule has 3 rings (SSSR count). The van der Waals surface area contributed by atoms with Crippen molar-refractivity contribution in [3.05, 3.63) is 52.1 Å². The van der Waals surface area contributed by atoms with Crippen molar-refractivity contribution in [3.8, 4) is 0 Å². The Morgan fingerprint density at radius 3 is 2.50 bits per heavy atom. The molecule has 2 aromatic rings. The quantitative estimate of drug-likeness (QED) is 0.874. The van der Waals surface area contributed by atoms with Gasteiger partial charge in [0.25, 0.3) is 0 Å². The highest BCUT2D eigenvalue weighted by Crippen LogP contribution is 2.29. The van der Waals surface area contributed by atoms with E-state index in [4.69, 9.17) is 23.2 Å². The standard InChI is InChI=1S/C17H18Cl2N4O/c1-12-2-5-16(20-11-12)21-17(24)23-8-6-22(7-9-23)15-4-3-13(18)10-14(15)19/h2-5,10-11H,6-9H2,1H3,(H,20,21,24). The first kappa shape index (κ1) is 16.9. The van der Waals surface area contributed by atoms with Crippen LogP contribution in [0.4, 0.5) is 16.3 Å². The molecule has 1 aromatic heterocycles. The summed E-state index contributed by atoms with van der Waals surface area (Å²) < 4.78 is 0. The highest BCUT2D eigenvalue weighted by atomic mass is 35.5. The molecule has 0 spiro atoms. The fourth-order valence-corrected chi connectivity index (χ4v) is 3.15. The normalized spacial score (nSPS) is 14.6. The van der Waals surface area contributed by atoms with Gasteiger partial charge in [-0.05, 0) is 36.8 Å². The van der Waals surface area contributed by atoms with Crippen LogP contribution in [0, 0.1) is 6.92 Å². The summed E-state index contributed by atoms with van der Waals surface area (Å²) in [5.41, 5.74) is 2.00. The molecule has 1 saturated heterocycles. The molecule has 5 nitrogen and oxygen atoms in total. The lowest BCUT2D eigenvalue weighted by atomic mass is 10.2. The first-order valence-corrected chi connectivity index (χ1v) is 8.47. The van der Waals surface area contributed by atoms with Crippen LogP contribution in [0.25, 0.3) is 0 Å². The molecule has 2 amide bonds. The molecule has 0 radical (unpaired) electrons. The minimum atomic E-state index is -0.131. The van der Waals surface area contributed by atoms with E-state index >= 15 is 0 Å². The smallest absolute Gasteiger partial charge is 0.323 e. The Bertz CT molecular complexity index is 728. The molecule has 0 saturated carbocycles. The van der Waals surface area contributed by atoms with Crippen LogP contribution in [0.5, 0.6) is 0 Å². The van der Waals surface area contributed by atoms with E-state index in [9.17, 15) is 4.79 Å². The average molecular weight is 365 g/mol. The van der Waals surface area contributed by atoms with E-state index < -0.39 is 0 Å². The van der Waals surface area contributed by atoms with Crippen molar-refractivity contribution in [2.75, 3.05) is 36.4 Å². The summed E-state index contributed by atoms with van der Waals surface area (Å²) in [6.45, 7) is 4.64. The van der Waals surface area contributed by atoms with Crippen LogP contribution in [-0.4, -0.2) is 42.1 Å². The molecule has 7 heteroatoms. The summed E-state index contributed by atoms with van der Waals surface area (Å²) in [5, 5.41) is 4.07. The number of nitrogens with one attached hydrogen (secondary N) is 1.